The molecule has 0 fully saturated rings. The highest BCUT2D eigenvalue weighted by molar-refractivity contribution is 6.37. The molecule has 0 N–H and O–H groups in total. The Kier molecular flexibility index (Phi) is 5.42. The van der Waals surface area contributed by atoms with Crippen LogP contribution in [0, 0.1) is 0 Å². The van der Waals surface area contributed by atoms with E-state index in [9.17, 15) is 4.79 Å². The van der Waals surface area contributed by atoms with E-state index in [1.807, 2.05) is 67.6 Å². The number of carbonyl (C=O) groups is 1. The molecule has 0 aromatic heterocycles. The highest BCUT2D eigenvalue weighted by Crippen LogP contribution is 2.31. The fraction of sp³-hybridized carbons (Fsp3) is 0.0952. The van der Waals surface area contributed by atoms with Crippen LogP contribution >= 0.6 is 23.2 Å². The fourth-order valence-electron chi connectivity index (χ4n) is 2.78. The van der Waals surface area contributed by atoms with Gasteiger partial charge in [-0.2, -0.15) is 0 Å². The smallest absolute Gasteiger partial charge is 0.260 e. The zero-order chi connectivity index (χ0) is 17.8. The second-order valence-corrected chi connectivity index (χ2v) is 6.57. The lowest BCUT2D eigenvalue weighted by atomic mass is 10.0. The van der Waals surface area contributed by atoms with Crippen LogP contribution in [0.15, 0.2) is 78.9 Å². The van der Waals surface area contributed by atoms with Crippen LogP contribution in [0.1, 0.15) is 28.9 Å². The van der Waals surface area contributed by atoms with Gasteiger partial charge in [-0.05, 0) is 42.8 Å². The van der Waals surface area contributed by atoms with Gasteiger partial charge in [0.15, 0.2) is 0 Å². The average molecular weight is 370 g/mol. The molecule has 2 nitrogen and oxygen atoms in total. The molecule has 0 aliphatic carbocycles. The molecule has 4 heteroatoms. The SMILES string of the molecule is CC(c1ccccc1)N(C(=O)c1ccc(Cl)cc1Cl)c1ccccc1. The fourth-order valence-corrected chi connectivity index (χ4v) is 3.27. The number of rotatable bonds is 4. The van der Waals surface area contributed by atoms with E-state index in [0.717, 1.165) is 11.3 Å². The topological polar surface area (TPSA) is 20.3 Å². The zero-order valence-electron chi connectivity index (χ0n) is 13.7. The maximum Gasteiger partial charge on any atom is 0.260 e. The van der Waals surface area contributed by atoms with Crippen LogP contribution in [0.4, 0.5) is 5.69 Å². The summed E-state index contributed by atoms with van der Waals surface area (Å²) in [6, 6.07) is 24.3. The molecule has 0 aliphatic heterocycles. The minimum absolute atomic E-state index is 0.150. The molecule has 0 saturated carbocycles. The van der Waals surface area contributed by atoms with E-state index in [-0.39, 0.29) is 11.9 Å². The molecule has 126 valence electrons. The maximum absolute atomic E-state index is 13.3. The summed E-state index contributed by atoms with van der Waals surface area (Å²) in [5.74, 6) is -0.163. The van der Waals surface area contributed by atoms with Gasteiger partial charge in [0.25, 0.3) is 5.91 Å². The van der Waals surface area contributed by atoms with Crippen LogP contribution in [-0.2, 0) is 0 Å². The molecule has 1 amide bonds. The van der Waals surface area contributed by atoms with Gasteiger partial charge < -0.3 is 4.90 Å². The Balaban J connectivity index is 2.06. The number of anilines is 1. The predicted octanol–water partition coefficient (Wildman–Crippen LogP) is 6.40. The number of carbonyl (C=O) groups excluding carboxylic acids is 1. The van der Waals surface area contributed by atoms with Crippen LogP contribution in [0.2, 0.25) is 10.0 Å². The second kappa shape index (κ2) is 7.73. The van der Waals surface area contributed by atoms with Crippen molar-refractivity contribution in [1.29, 1.82) is 0 Å². The van der Waals surface area contributed by atoms with Gasteiger partial charge in [0.1, 0.15) is 0 Å². The van der Waals surface area contributed by atoms with Crippen LogP contribution < -0.4 is 4.90 Å². The normalized spacial score (nSPS) is 11.8. The number of hydrogen-bond donors (Lipinski definition) is 0. The van der Waals surface area contributed by atoms with E-state index in [4.69, 9.17) is 23.2 Å². The lowest BCUT2D eigenvalue weighted by Crippen LogP contribution is -2.33. The summed E-state index contributed by atoms with van der Waals surface area (Å²) in [6.45, 7) is 2.00. The van der Waals surface area contributed by atoms with Gasteiger partial charge in [-0.1, -0.05) is 71.7 Å². The first-order valence-electron chi connectivity index (χ1n) is 7.96. The monoisotopic (exact) mass is 369 g/mol. The third-order valence-corrected chi connectivity index (χ3v) is 4.63. The molecule has 0 heterocycles. The first-order chi connectivity index (χ1) is 12.1. The summed E-state index contributed by atoms with van der Waals surface area (Å²) in [6.07, 6.45) is 0. The standard InChI is InChI=1S/C21H17Cl2NO/c1-15(16-8-4-2-5-9-16)24(18-10-6-3-7-11-18)21(25)19-13-12-17(22)14-20(19)23/h2-15H,1H3. The largest absolute Gasteiger partial charge is 0.301 e. The van der Waals surface area contributed by atoms with Crippen LogP contribution in [0.25, 0.3) is 0 Å². The number of nitrogens with zero attached hydrogens (tertiary/aromatic N) is 1. The van der Waals surface area contributed by atoms with Gasteiger partial charge in [0.2, 0.25) is 0 Å². The predicted molar refractivity (Wildman–Crippen MR) is 105 cm³/mol. The molecule has 3 aromatic rings. The van der Waals surface area contributed by atoms with Crippen molar-refractivity contribution in [3.8, 4) is 0 Å². The minimum atomic E-state index is -0.163. The summed E-state index contributed by atoms with van der Waals surface area (Å²) in [7, 11) is 0. The Labute approximate surface area is 157 Å². The van der Waals surface area contributed by atoms with Crippen LogP contribution in [-0.4, -0.2) is 5.91 Å². The quantitative estimate of drug-likeness (QED) is 0.520. The molecule has 3 rings (SSSR count). The van der Waals surface area contributed by atoms with E-state index < -0.39 is 0 Å². The van der Waals surface area contributed by atoms with Crippen molar-refractivity contribution in [1.82, 2.24) is 0 Å². The Morgan fingerprint density at radius 1 is 0.880 bits per heavy atom. The molecule has 1 unspecified atom stereocenters. The summed E-state index contributed by atoms with van der Waals surface area (Å²) < 4.78 is 0. The number of halogens is 2. The maximum atomic E-state index is 13.3. The summed E-state index contributed by atoms with van der Waals surface area (Å²) in [5, 5.41) is 0.850. The number of hydrogen-bond acceptors (Lipinski definition) is 1. The third-order valence-electron chi connectivity index (χ3n) is 4.08. The zero-order valence-corrected chi connectivity index (χ0v) is 15.2. The lowest BCUT2D eigenvalue weighted by molar-refractivity contribution is 0.0978. The summed E-state index contributed by atoms with van der Waals surface area (Å²) in [5.41, 5.74) is 2.29. The van der Waals surface area contributed by atoms with Gasteiger partial charge in [-0.3, -0.25) is 4.79 Å². The van der Waals surface area contributed by atoms with E-state index in [1.165, 1.54) is 0 Å². The molecular weight excluding hydrogens is 353 g/mol. The number of benzene rings is 3. The van der Waals surface area contributed by atoms with Crippen molar-refractivity contribution in [3.63, 3.8) is 0 Å². The van der Waals surface area contributed by atoms with Gasteiger partial charge in [0.05, 0.1) is 16.6 Å². The Hall–Kier alpha value is -2.29. The van der Waals surface area contributed by atoms with E-state index in [1.54, 1.807) is 23.1 Å². The average Bonchev–Trinajstić information content (AvgIpc) is 2.63. The van der Waals surface area contributed by atoms with Crippen molar-refractivity contribution in [3.05, 3.63) is 100 Å². The highest BCUT2D eigenvalue weighted by atomic mass is 35.5. The molecule has 0 bridgehead atoms. The summed E-state index contributed by atoms with van der Waals surface area (Å²) in [4.78, 5) is 15.0. The number of para-hydroxylation sites is 1. The van der Waals surface area contributed by atoms with E-state index >= 15 is 0 Å². The number of amides is 1. The second-order valence-electron chi connectivity index (χ2n) is 5.72. The van der Waals surface area contributed by atoms with Crippen molar-refractivity contribution in [2.24, 2.45) is 0 Å². The Bertz CT molecular complexity index is 866. The Morgan fingerprint density at radius 3 is 2.08 bits per heavy atom. The van der Waals surface area contributed by atoms with E-state index in [2.05, 4.69) is 0 Å². The van der Waals surface area contributed by atoms with Crippen LogP contribution in [0.3, 0.4) is 0 Å². The first-order valence-corrected chi connectivity index (χ1v) is 8.72. The van der Waals surface area contributed by atoms with Crippen molar-refractivity contribution in [2.75, 3.05) is 4.90 Å². The van der Waals surface area contributed by atoms with Crippen LogP contribution in [0.5, 0.6) is 0 Å². The molecule has 0 saturated heterocycles. The van der Waals surface area contributed by atoms with Crippen molar-refractivity contribution >= 4 is 34.8 Å². The third kappa shape index (κ3) is 3.87. The van der Waals surface area contributed by atoms with Crippen molar-refractivity contribution < 1.29 is 4.79 Å². The van der Waals surface area contributed by atoms with Gasteiger partial charge in [0, 0.05) is 10.7 Å². The summed E-state index contributed by atoms with van der Waals surface area (Å²) >= 11 is 12.2. The molecular formula is C21H17Cl2NO. The van der Waals surface area contributed by atoms with E-state index in [0.29, 0.717) is 15.6 Å². The molecule has 3 aromatic carbocycles. The minimum Gasteiger partial charge on any atom is -0.301 e. The van der Waals surface area contributed by atoms with Crippen molar-refractivity contribution in [2.45, 2.75) is 13.0 Å². The first kappa shape index (κ1) is 17.5. The van der Waals surface area contributed by atoms with Gasteiger partial charge in [-0.15, -0.1) is 0 Å². The Morgan fingerprint density at radius 2 is 1.48 bits per heavy atom. The molecule has 0 spiro atoms. The molecule has 0 aliphatic rings. The van der Waals surface area contributed by atoms with Gasteiger partial charge in [-0.25, -0.2) is 0 Å². The molecule has 0 radical (unpaired) electrons. The lowest BCUT2D eigenvalue weighted by Gasteiger charge is -2.30. The molecule has 1 atom stereocenters. The van der Waals surface area contributed by atoms with Gasteiger partial charge >= 0.3 is 0 Å². The highest BCUT2D eigenvalue weighted by Gasteiger charge is 2.26. The molecule has 25 heavy (non-hydrogen) atoms.